The monoisotopic (exact) mass is 454 g/mol. The fourth-order valence-corrected chi connectivity index (χ4v) is 3.43. The minimum atomic E-state index is -0.754. The molecular weight excluding hydrogens is 404 g/mol. The Kier molecular flexibility index (Phi) is 22.1. The number of carbonyl (C=O) groups is 2. The SMILES string of the molecule is CCCCCCCCC=CCCCCCCCCOCC(OC(=O)CC(C)=O)OC(C)C. The maximum absolute atomic E-state index is 11.7. The largest absolute Gasteiger partial charge is 0.433 e. The van der Waals surface area contributed by atoms with Crippen molar-refractivity contribution in [3.8, 4) is 0 Å². The molecule has 0 spiro atoms. The zero-order valence-electron chi connectivity index (χ0n) is 21.4. The highest BCUT2D eigenvalue weighted by molar-refractivity contribution is 5.94. The number of Topliss-reactive ketones (excluding diaryl/α,β-unsaturated/α-hetero) is 1. The Morgan fingerprint density at radius 1 is 0.781 bits per heavy atom. The van der Waals surface area contributed by atoms with Crippen molar-refractivity contribution in [2.45, 2.75) is 136 Å². The smallest absolute Gasteiger partial charge is 0.315 e. The predicted molar refractivity (Wildman–Crippen MR) is 132 cm³/mol. The quantitative estimate of drug-likeness (QED) is 0.0532. The van der Waals surface area contributed by atoms with Crippen LogP contribution in [0.25, 0.3) is 0 Å². The van der Waals surface area contributed by atoms with Gasteiger partial charge < -0.3 is 14.2 Å². The fraction of sp³-hybridized carbons (Fsp3) is 0.852. The predicted octanol–water partition coefficient (Wildman–Crippen LogP) is 7.31. The van der Waals surface area contributed by atoms with Gasteiger partial charge in [-0.25, -0.2) is 0 Å². The first-order valence-corrected chi connectivity index (χ1v) is 13.0. The molecule has 0 radical (unpaired) electrons. The van der Waals surface area contributed by atoms with Crippen LogP contribution < -0.4 is 0 Å². The van der Waals surface area contributed by atoms with Crippen LogP contribution >= 0.6 is 0 Å². The van der Waals surface area contributed by atoms with Gasteiger partial charge in [0.25, 0.3) is 0 Å². The van der Waals surface area contributed by atoms with Gasteiger partial charge in [0.15, 0.2) is 0 Å². The lowest BCUT2D eigenvalue weighted by atomic mass is 10.1. The number of ketones is 1. The number of esters is 1. The molecular formula is C27H50O5. The first kappa shape index (κ1) is 30.8. The summed E-state index contributed by atoms with van der Waals surface area (Å²) < 4.78 is 16.4. The van der Waals surface area contributed by atoms with Crippen molar-refractivity contribution >= 4 is 11.8 Å². The average Bonchev–Trinajstić information content (AvgIpc) is 2.71. The van der Waals surface area contributed by atoms with Gasteiger partial charge in [0.1, 0.15) is 18.8 Å². The van der Waals surface area contributed by atoms with Gasteiger partial charge in [-0.1, -0.05) is 76.9 Å². The lowest BCUT2D eigenvalue weighted by Gasteiger charge is -2.20. The normalized spacial score (nSPS) is 12.5. The van der Waals surface area contributed by atoms with E-state index in [0.717, 1.165) is 12.8 Å². The van der Waals surface area contributed by atoms with Crippen LogP contribution in [0.1, 0.15) is 124 Å². The second kappa shape index (κ2) is 23.0. The van der Waals surface area contributed by atoms with E-state index in [1.54, 1.807) is 0 Å². The topological polar surface area (TPSA) is 61.8 Å². The van der Waals surface area contributed by atoms with Crippen LogP contribution in [-0.2, 0) is 23.8 Å². The summed E-state index contributed by atoms with van der Waals surface area (Å²) in [5.74, 6) is -0.785. The molecule has 0 saturated carbocycles. The third-order valence-corrected chi connectivity index (χ3v) is 5.13. The molecule has 32 heavy (non-hydrogen) atoms. The lowest BCUT2D eigenvalue weighted by Crippen LogP contribution is -2.30. The highest BCUT2D eigenvalue weighted by atomic mass is 16.7. The number of hydrogen-bond acceptors (Lipinski definition) is 5. The van der Waals surface area contributed by atoms with Crippen LogP contribution in [0.15, 0.2) is 12.2 Å². The first-order chi connectivity index (χ1) is 15.5. The Morgan fingerprint density at radius 3 is 1.84 bits per heavy atom. The molecule has 0 aromatic rings. The van der Waals surface area contributed by atoms with E-state index in [2.05, 4.69) is 19.1 Å². The van der Waals surface area contributed by atoms with E-state index in [-0.39, 0.29) is 24.9 Å². The fourth-order valence-electron chi connectivity index (χ4n) is 3.43. The number of carbonyl (C=O) groups excluding carboxylic acids is 2. The standard InChI is InChI=1S/C27H50O5/c1-5-6-7-8-9-10-11-12-13-14-15-16-17-18-19-20-21-30-23-27(31-24(2)3)32-26(29)22-25(4)28/h12-13,24,27H,5-11,14-23H2,1-4H3. The van der Waals surface area contributed by atoms with Crippen LogP contribution in [0.4, 0.5) is 0 Å². The highest BCUT2D eigenvalue weighted by Crippen LogP contribution is 2.10. The van der Waals surface area contributed by atoms with E-state index < -0.39 is 12.3 Å². The number of allylic oxidation sites excluding steroid dienone is 2. The Morgan fingerprint density at radius 2 is 1.31 bits per heavy atom. The Balaban J connectivity index is 3.54. The van der Waals surface area contributed by atoms with Crippen LogP contribution in [0.3, 0.4) is 0 Å². The summed E-state index contributed by atoms with van der Waals surface area (Å²) in [6.07, 6.45) is 21.5. The van der Waals surface area contributed by atoms with E-state index in [1.807, 2.05) is 13.8 Å². The second-order valence-corrected chi connectivity index (χ2v) is 9.00. The summed E-state index contributed by atoms with van der Waals surface area (Å²) in [5.41, 5.74) is 0. The second-order valence-electron chi connectivity index (χ2n) is 9.00. The molecule has 1 atom stereocenters. The molecule has 0 aromatic carbocycles. The zero-order chi connectivity index (χ0) is 23.9. The highest BCUT2D eigenvalue weighted by Gasteiger charge is 2.17. The lowest BCUT2D eigenvalue weighted by molar-refractivity contribution is -0.199. The third-order valence-electron chi connectivity index (χ3n) is 5.13. The molecule has 0 fully saturated rings. The van der Waals surface area contributed by atoms with Gasteiger partial charge in [-0.05, 0) is 52.9 Å². The molecule has 1 unspecified atom stereocenters. The van der Waals surface area contributed by atoms with E-state index in [9.17, 15) is 9.59 Å². The van der Waals surface area contributed by atoms with Gasteiger partial charge in [-0.3, -0.25) is 9.59 Å². The summed E-state index contributed by atoms with van der Waals surface area (Å²) in [6.45, 7) is 8.20. The van der Waals surface area contributed by atoms with Gasteiger partial charge in [0, 0.05) is 6.61 Å². The van der Waals surface area contributed by atoms with Crippen molar-refractivity contribution in [3.63, 3.8) is 0 Å². The van der Waals surface area contributed by atoms with E-state index in [4.69, 9.17) is 14.2 Å². The van der Waals surface area contributed by atoms with Crippen LogP contribution in [0, 0.1) is 0 Å². The minimum absolute atomic E-state index is 0.0841. The van der Waals surface area contributed by atoms with Crippen LogP contribution in [0.5, 0.6) is 0 Å². The Hall–Kier alpha value is -1.20. The van der Waals surface area contributed by atoms with Crippen molar-refractivity contribution in [2.24, 2.45) is 0 Å². The third kappa shape index (κ3) is 23.5. The molecule has 0 aromatic heterocycles. The minimum Gasteiger partial charge on any atom is -0.433 e. The molecule has 0 aliphatic rings. The molecule has 0 aliphatic heterocycles. The number of ether oxygens (including phenoxy) is 3. The van der Waals surface area contributed by atoms with E-state index in [1.165, 1.54) is 84.0 Å². The van der Waals surface area contributed by atoms with Crippen molar-refractivity contribution in [3.05, 3.63) is 12.2 Å². The summed E-state index contributed by atoms with van der Waals surface area (Å²) in [7, 11) is 0. The maximum Gasteiger partial charge on any atom is 0.315 e. The number of rotatable bonds is 23. The summed E-state index contributed by atoms with van der Waals surface area (Å²) in [4.78, 5) is 22.7. The number of unbranched alkanes of at least 4 members (excludes halogenated alkanes) is 12. The molecule has 5 nitrogen and oxygen atoms in total. The Bertz CT molecular complexity index is 473. The van der Waals surface area contributed by atoms with Gasteiger partial charge in [-0.15, -0.1) is 0 Å². The average molecular weight is 455 g/mol. The summed E-state index contributed by atoms with van der Waals surface area (Å²) in [5, 5.41) is 0. The van der Waals surface area contributed by atoms with Crippen molar-refractivity contribution in [1.29, 1.82) is 0 Å². The van der Waals surface area contributed by atoms with Crippen LogP contribution in [0.2, 0.25) is 0 Å². The van der Waals surface area contributed by atoms with Gasteiger partial charge in [0.05, 0.1) is 6.10 Å². The molecule has 188 valence electrons. The van der Waals surface area contributed by atoms with E-state index in [0.29, 0.717) is 6.61 Å². The molecule has 5 heteroatoms. The molecule has 0 saturated heterocycles. The number of hydrogen-bond donors (Lipinski definition) is 0. The summed E-state index contributed by atoms with van der Waals surface area (Å²) in [6, 6.07) is 0. The molecule has 0 amide bonds. The Labute approximate surface area is 197 Å². The molecule has 0 bridgehead atoms. The van der Waals surface area contributed by atoms with Gasteiger partial charge in [0.2, 0.25) is 6.29 Å². The van der Waals surface area contributed by atoms with Gasteiger partial charge >= 0.3 is 5.97 Å². The molecule has 0 heterocycles. The first-order valence-electron chi connectivity index (χ1n) is 13.0. The van der Waals surface area contributed by atoms with Gasteiger partial charge in [-0.2, -0.15) is 0 Å². The molecule has 0 aliphatic carbocycles. The van der Waals surface area contributed by atoms with Crippen molar-refractivity contribution in [2.75, 3.05) is 13.2 Å². The molecule has 0 N–H and O–H groups in total. The van der Waals surface area contributed by atoms with Crippen molar-refractivity contribution < 1.29 is 23.8 Å². The summed E-state index contributed by atoms with van der Waals surface area (Å²) >= 11 is 0. The zero-order valence-corrected chi connectivity index (χ0v) is 21.4. The molecule has 0 rings (SSSR count). The van der Waals surface area contributed by atoms with E-state index >= 15 is 0 Å². The van der Waals surface area contributed by atoms with Crippen LogP contribution in [-0.4, -0.2) is 37.4 Å². The van der Waals surface area contributed by atoms with Crippen molar-refractivity contribution in [1.82, 2.24) is 0 Å². The maximum atomic E-state index is 11.7.